The van der Waals surface area contributed by atoms with Crippen LogP contribution in [0, 0.1) is 6.07 Å². The molecule has 0 aliphatic heterocycles. The molecule has 0 unspecified atom stereocenters. The molecule has 1 aliphatic rings. The molecular formula is C19H16Cl2Hf-2. The van der Waals surface area contributed by atoms with Crippen LogP contribution in [0.1, 0.15) is 11.1 Å². The number of fused-ring (bicyclic) bond motifs is 3. The van der Waals surface area contributed by atoms with Crippen LogP contribution in [0.15, 0.2) is 72.8 Å². The molecule has 3 heteroatoms. The van der Waals surface area contributed by atoms with Crippen molar-refractivity contribution in [3.8, 4) is 11.1 Å². The van der Waals surface area contributed by atoms with Gasteiger partial charge in [0.1, 0.15) is 0 Å². The minimum absolute atomic E-state index is 0. The summed E-state index contributed by atoms with van der Waals surface area (Å²) in [6.45, 7) is 0. The summed E-state index contributed by atoms with van der Waals surface area (Å²) < 4.78 is 3.39. The van der Waals surface area contributed by atoms with Crippen molar-refractivity contribution < 1.29 is 48.7 Å². The van der Waals surface area contributed by atoms with Crippen molar-refractivity contribution in [2.45, 2.75) is 6.42 Å². The van der Waals surface area contributed by atoms with Gasteiger partial charge in [-0.2, -0.15) is 48.0 Å². The van der Waals surface area contributed by atoms with E-state index < -0.39 is 0 Å². The number of hydrogen-bond donors (Lipinski definition) is 0. The predicted molar refractivity (Wildman–Crippen MR) is 82.7 cm³/mol. The molecule has 4 rings (SSSR count). The summed E-state index contributed by atoms with van der Waals surface area (Å²) in [6.07, 6.45) is 1.05. The molecule has 0 N–H and O–H groups in total. The van der Waals surface area contributed by atoms with Crippen LogP contribution < -0.4 is 24.8 Å². The van der Waals surface area contributed by atoms with E-state index in [2.05, 4.69) is 46.7 Å². The third kappa shape index (κ3) is 5.39. The SMILES string of the molecule is [CH2]=[Hf+2].[Cl-].[Cl-].[c-]1cccc2c1Cc1ccccc1-2.c1cc[cH-]c1. The topological polar surface area (TPSA) is 0 Å². The van der Waals surface area contributed by atoms with Crippen LogP contribution in [0.3, 0.4) is 0 Å². The fourth-order valence-corrected chi connectivity index (χ4v) is 2.32. The molecule has 1 aliphatic carbocycles. The second-order valence-electron chi connectivity index (χ2n) is 4.36. The largest absolute Gasteiger partial charge is 1.00 e. The molecule has 0 fully saturated rings. The van der Waals surface area contributed by atoms with Gasteiger partial charge < -0.3 is 24.8 Å². The van der Waals surface area contributed by atoms with Crippen molar-refractivity contribution in [3.63, 3.8) is 0 Å². The molecule has 0 saturated heterocycles. The monoisotopic (exact) mass is 494 g/mol. The Morgan fingerprint density at radius 1 is 0.864 bits per heavy atom. The van der Waals surface area contributed by atoms with E-state index in [9.17, 15) is 0 Å². The molecule has 22 heavy (non-hydrogen) atoms. The van der Waals surface area contributed by atoms with Gasteiger partial charge >= 0.3 is 28.2 Å². The van der Waals surface area contributed by atoms with Crippen LogP contribution in [-0.2, 0) is 30.3 Å². The fourth-order valence-electron chi connectivity index (χ4n) is 2.32. The molecule has 0 radical (unpaired) electrons. The summed E-state index contributed by atoms with van der Waals surface area (Å²) >= 11 is 1.06. The summed E-state index contributed by atoms with van der Waals surface area (Å²) in [6, 6.07) is 28.1. The van der Waals surface area contributed by atoms with Gasteiger partial charge in [-0.05, 0) is 6.42 Å². The standard InChI is InChI=1S/C13H9.C5H5.CH2.2ClH.Hf/c1-3-7-12-10(5-1)9-11-6-2-4-8-13(11)12;1-2-4-5-3-1;;;;/h1-5,7-8H,9H2;1-5H;1H2;2*1H;/q2*-1;;;;+2/p-2. The average Bonchev–Trinajstić information content (AvgIpc) is 3.20. The minimum atomic E-state index is 0. The Labute approximate surface area is 159 Å². The number of halogens is 2. The molecule has 0 nitrogen and oxygen atoms in total. The van der Waals surface area contributed by atoms with E-state index in [-0.39, 0.29) is 24.8 Å². The zero-order valence-corrected chi connectivity index (χ0v) is 17.2. The second-order valence-corrected chi connectivity index (χ2v) is 4.36. The molecule has 3 aromatic carbocycles. The maximum atomic E-state index is 3.39. The van der Waals surface area contributed by atoms with Gasteiger partial charge in [0, 0.05) is 0 Å². The van der Waals surface area contributed by atoms with Gasteiger partial charge in [0.15, 0.2) is 0 Å². The van der Waals surface area contributed by atoms with E-state index in [0.29, 0.717) is 0 Å². The third-order valence-corrected chi connectivity index (χ3v) is 3.17. The smallest absolute Gasteiger partial charge is 0.0253 e. The van der Waals surface area contributed by atoms with Crippen molar-refractivity contribution >= 4 is 4.26 Å². The van der Waals surface area contributed by atoms with Gasteiger partial charge in [0.2, 0.25) is 0 Å². The molecule has 112 valence electrons. The van der Waals surface area contributed by atoms with E-state index >= 15 is 0 Å². The zero-order valence-electron chi connectivity index (χ0n) is 12.1. The Kier molecular flexibility index (Phi) is 11.2. The van der Waals surface area contributed by atoms with Crippen LogP contribution in [0.2, 0.25) is 0 Å². The molecule has 0 amide bonds. The fraction of sp³-hybridized carbons (Fsp3) is 0.0526. The number of rotatable bonds is 0. The Balaban J connectivity index is 0.000000422. The van der Waals surface area contributed by atoms with Crippen LogP contribution >= 0.6 is 0 Å². The Morgan fingerprint density at radius 2 is 1.50 bits per heavy atom. The van der Waals surface area contributed by atoms with Crippen molar-refractivity contribution in [3.05, 3.63) is 90.0 Å². The van der Waals surface area contributed by atoms with E-state index in [0.717, 1.165) is 30.3 Å². The van der Waals surface area contributed by atoms with Crippen molar-refractivity contribution in [2.75, 3.05) is 0 Å². The van der Waals surface area contributed by atoms with E-state index in [1.54, 1.807) is 0 Å². The first-order valence-electron chi connectivity index (χ1n) is 6.55. The van der Waals surface area contributed by atoms with Gasteiger partial charge in [0.05, 0.1) is 0 Å². The minimum Gasteiger partial charge on any atom is -1.00 e. The molecule has 0 spiro atoms. The van der Waals surface area contributed by atoms with Gasteiger partial charge in [-0.25, -0.2) is 12.1 Å². The third-order valence-electron chi connectivity index (χ3n) is 3.17. The molecule has 0 atom stereocenters. The first-order chi connectivity index (χ1) is 9.95. The molecule has 0 aromatic heterocycles. The average molecular weight is 494 g/mol. The Hall–Kier alpha value is -0.890. The van der Waals surface area contributed by atoms with Gasteiger partial charge in [-0.3, -0.25) is 0 Å². The first-order valence-corrected chi connectivity index (χ1v) is 9.09. The van der Waals surface area contributed by atoms with Crippen molar-refractivity contribution in [1.29, 1.82) is 0 Å². The first kappa shape index (κ1) is 21.1. The molecule has 0 heterocycles. The molecule has 0 bridgehead atoms. The van der Waals surface area contributed by atoms with Gasteiger partial charge in [-0.1, -0.05) is 35.4 Å². The van der Waals surface area contributed by atoms with Crippen LogP contribution in [-0.4, -0.2) is 4.26 Å². The Morgan fingerprint density at radius 3 is 2.14 bits per heavy atom. The van der Waals surface area contributed by atoms with Crippen LogP contribution in [0.5, 0.6) is 0 Å². The molecule has 0 saturated carbocycles. The van der Waals surface area contributed by atoms with Crippen LogP contribution in [0.4, 0.5) is 0 Å². The Bertz CT molecular complexity index is 587. The van der Waals surface area contributed by atoms with Crippen molar-refractivity contribution in [1.82, 2.24) is 0 Å². The summed E-state index contributed by atoms with van der Waals surface area (Å²) in [5.74, 6) is 0. The summed E-state index contributed by atoms with van der Waals surface area (Å²) in [5.41, 5.74) is 5.51. The molecular weight excluding hydrogens is 478 g/mol. The maximum absolute atomic E-state index is 3.39. The van der Waals surface area contributed by atoms with E-state index in [4.69, 9.17) is 0 Å². The number of benzene rings is 2. The maximum Gasteiger partial charge on any atom is -0.0253 e. The van der Waals surface area contributed by atoms with E-state index in [1.807, 2.05) is 36.4 Å². The number of hydrogen-bond acceptors (Lipinski definition) is 0. The zero-order chi connectivity index (χ0) is 14.2. The summed E-state index contributed by atoms with van der Waals surface area (Å²) in [5, 5.41) is 0. The summed E-state index contributed by atoms with van der Waals surface area (Å²) in [4.78, 5) is 0. The van der Waals surface area contributed by atoms with Crippen molar-refractivity contribution in [2.24, 2.45) is 0 Å². The predicted octanol–water partition coefficient (Wildman–Crippen LogP) is -1.56. The normalized spacial score (nSPS) is 9.36. The van der Waals surface area contributed by atoms with Crippen LogP contribution in [0.25, 0.3) is 11.1 Å². The quantitative estimate of drug-likeness (QED) is 0.205. The van der Waals surface area contributed by atoms with E-state index in [1.165, 1.54) is 22.3 Å². The molecule has 3 aromatic rings. The summed E-state index contributed by atoms with van der Waals surface area (Å²) in [7, 11) is 0. The van der Waals surface area contributed by atoms with Gasteiger partial charge in [0.25, 0.3) is 0 Å². The second kappa shape index (κ2) is 11.6. The van der Waals surface area contributed by atoms with Gasteiger partial charge in [-0.15, -0.1) is 5.56 Å².